The largest absolute Gasteiger partial charge is 0.467 e. The number of pyridine rings is 1. The quantitative estimate of drug-likeness (QED) is 0.865. The van der Waals surface area contributed by atoms with E-state index in [0.717, 1.165) is 24.2 Å². The van der Waals surface area contributed by atoms with E-state index in [-0.39, 0.29) is 5.41 Å². The Balaban J connectivity index is 1.94. The third-order valence-electron chi connectivity index (χ3n) is 4.23. The van der Waals surface area contributed by atoms with Crippen LogP contribution >= 0.6 is 0 Å². The van der Waals surface area contributed by atoms with Crippen molar-refractivity contribution in [3.05, 3.63) is 47.0 Å². The van der Waals surface area contributed by atoms with Crippen molar-refractivity contribution >= 4 is 12.1 Å². The van der Waals surface area contributed by atoms with Crippen molar-refractivity contribution < 1.29 is 9.21 Å². The Morgan fingerprint density at radius 3 is 3.00 bits per heavy atom. The van der Waals surface area contributed by atoms with Crippen LogP contribution in [0.25, 0.3) is 0 Å². The lowest BCUT2D eigenvalue weighted by atomic mass is 9.86. The van der Waals surface area contributed by atoms with Gasteiger partial charge in [-0.2, -0.15) is 0 Å². The molecule has 0 amide bonds. The third kappa shape index (κ3) is 2.46. The van der Waals surface area contributed by atoms with Crippen molar-refractivity contribution in [3.63, 3.8) is 0 Å². The number of nitrogens with zero attached hydrogens (tertiary/aromatic N) is 1. The molecule has 0 radical (unpaired) electrons. The second-order valence-electron chi connectivity index (χ2n) is 6.40. The molecule has 0 spiro atoms. The summed E-state index contributed by atoms with van der Waals surface area (Å²) < 4.78 is 5.30. The molecule has 0 aromatic carbocycles. The smallest absolute Gasteiger partial charge is 0.153 e. The molecule has 0 saturated heterocycles. The molecular weight excluding hydrogens is 264 g/mol. The Hall–Kier alpha value is -2.10. The number of rotatable bonds is 4. The van der Waals surface area contributed by atoms with Crippen LogP contribution in [0.5, 0.6) is 0 Å². The van der Waals surface area contributed by atoms with E-state index in [1.54, 1.807) is 6.26 Å². The minimum Gasteiger partial charge on any atom is -0.467 e. The second kappa shape index (κ2) is 5.02. The van der Waals surface area contributed by atoms with Gasteiger partial charge in [0.05, 0.1) is 18.4 Å². The molecule has 1 aliphatic rings. The SMILES string of the molecule is CC1CC(C)(C)c2cc(C=O)c(NCc3ccco3)nc21. The number of furan rings is 1. The number of carbonyl (C=O) groups excluding carboxylic acids is 1. The number of hydrogen-bond acceptors (Lipinski definition) is 4. The molecule has 0 bridgehead atoms. The van der Waals surface area contributed by atoms with Gasteiger partial charge < -0.3 is 9.73 Å². The maximum absolute atomic E-state index is 11.4. The van der Waals surface area contributed by atoms with E-state index in [2.05, 4.69) is 26.1 Å². The average molecular weight is 284 g/mol. The number of aldehydes is 1. The third-order valence-corrected chi connectivity index (χ3v) is 4.23. The van der Waals surface area contributed by atoms with Crippen LogP contribution in [-0.2, 0) is 12.0 Å². The van der Waals surface area contributed by atoms with Crippen molar-refractivity contribution in [2.75, 3.05) is 5.32 Å². The fourth-order valence-electron chi connectivity index (χ4n) is 3.25. The number of anilines is 1. The normalized spacial score (nSPS) is 19.3. The molecule has 4 heteroatoms. The van der Waals surface area contributed by atoms with E-state index in [0.29, 0.717) is 23.8 Å². The number of aromatic nitrogens is 1. The molecule has 0 saturated carbocycles. The van der Waals surface area contributed by atoms with Crippen LogP contribution in [0.1, 0.15) is 60.5 Å². The lowest BCUT2D eigenvalue weighted by Gasteiger charge is -2.19. The monoisotopic (exact) mass is 284 g/mol. The molecule has 1 atom stereocenters. The summed E-state index contributed by atoms with van der Waals surface area (Å²) >= 11 is 0. The standard InChI is InChI=1S/C17H20N2O2/c1-11-8-17(2,3)14-7-12(10-20)16(19-15(11)14)18-9-13-5-4-6-21-13/h4-7,10-11H,8-9H2,1-3H3,(H,18,19). The van der Waals surface area contributed by atoms with E-state index in [4.69, 9.17) is 9.40 Å². The summed E-state index contributed by atoms with van der Waals surface area (Å²) in [5.41, 5.74) is 3.00. The summed E-state index contributed by atoms with van der Waals surface area (Å²) in [4.78, 5) is 16.1. The molecule has 4 nitrogen and oxygen atoms in total. The van der Waals surface area contributed by atoms with Crippen LogP contribution in [0.4, 0.5) is 5.82 Å². The first-order valence-corrected chi connectivity index (χ1v) is 7.28. The van der Waals surface area contributed by atoms with Crippen LogP contribution in [-0.4, -0.2) is 11.3 Å². The zero-order chi connectivity index (χ0) is 15.0. The predicted octanol–water partition coefficient (Wildman–Crippen LogP) is 3.88. The number of fused-ring (bicyclic) bond motifs is 1. The molecule has 1 N–H and O–H groups in total. The molecule has 2 aromatic rings. The molecule has 2 aromatic heterocycles. The Morgan fingerprint density at radius 1 is 1.52 bits per heavy atom. The highest BCUT2D eigenvalue weighted by atomic mass is 16.3. The van der Waals surface area contributed by atoms with Crippen LogP contribution in [0.3, 0.4) is 0 Å². The molecule has 1 unspecified atom stereocenters. The van der Waals surface area contributed by atoms with Gasteiger partial charge in [0.25, 0.3) is 0 Å². The molecule has 0 aliphatic heterocycles. The van der Waals surface area contributed by atoms with Gasteiger partial charge in [0.1, 0.15) is 11.6 Å². The van der Waals surface area contributed by atoms with Gasteiger partial charge in [0.2, 0.25) is 0 Å². The van der Waals surface area contributed by atoms with Gasteiger partial charge in [-0.1, -0.05) is 20.8 Å². The highest BCUT2D eigenvalue weighted by Crippen LogP contribution is 2.45. The number of nitrogens with one attached hydrogen (secondary N) is 1. The molecular formula is C17H20N2O2. The van der Waals surface area contributed by atoms with Crippen molar-refractivity contribution in [2.24, 2.45) is 0 Å². The predicted molar refractivity (Wildman–Crippen MR) is 81.7 cm³/mol. The van der Waals surface area contributed by atoms with Crippen molar-refractivity contribution in [1.29, 1.82) is 0 Å². The summed E-state index contributed by atoms with van der Waals surface area (Å²) in [5, 5.41) is 3.21. The first-order valence-electron chi connectivity index (χ1n) is 7.28. The van der Waals surface area contributed by atoms with Crippen molar-refractivity contribution in [3.8, 4) is 0 Å². The molecule has 21 heavy (non-hydrogen) atoms. The summed E-state index contributed by atoms with van der Waals surface area (Å²) in [5.74, 6) is 1.88. The highest BCUT2D eigenvalue weighted by Gasteiger charge is 2.36. The average Bonchev–Trinajstić information content (AvgIpc) is 3.03. The Labute approximate surface area is 124 Å². The van der Waals surface area contributed by atoms with Crippen molar-refractivity contribution in [2.45, 2.75) is 45.1 Å². The summed E-state index contributed by atoms with van der Waals surface area (Å²) in [6, 6.07) is 5.73. The van der Waals surface area contributed by atoms with Gasteiger partial charge in [-0.05, 0) is 41.5 Å². The van der Waals surface area contributed by atoms with Crippen LogP contribution < -0.4 is 5.32 Å². The van der Waals surface area contributed by atoms with Crippen LogP contribution in [0.15, 0.2) is 28.9 Å². The first kappa shape index (κ1) is 13.9. The van der Waals surface area contributed by atoms with Gasteiger partial charge in [-0.15, -0.1) is 0 Å². The van der Waals surface area contributed by atoms with E-state index < -0.39 is 0 Å². The van der Waals surface area contributed by atoms with Gasteiger partial charge in [-0.25, -0.2) is 4.98 Å². The Kier molecular flexibility index (Phi) is 3.32. The van der Waals surface area contributed by atoms with E-state index in [9.17, 15) is 4.79 Å². The van der Waals surface area contributed by atoms with E-state index >= 15 is 0 Å². The minimum atomic E-state index is 0.0824. The second-order valence-corrected chi connectivity index (χ2v) is 6.40. The maximum atomic E-state index is 11.4. The van der Waals surface area contributed by atoms with Crippen LogP contribution in [0.2, 0.25) is 0 Å². The molecule has 3 rings (SSSR count). The van der Waals surface area contributed by atoms with E-state index in [1.165, 1.54) is 5.56 Å². The fourth-order valence-corrected chi connectivity index (χ4v) is 3.25. The lowest BCUT2D eigenvalue weighted by Crippen LogP contribution is -2.14. The summed E-state index contributed by atoms with van der Waals surface area (Å²) in [6.07, 6.45) is 3.57. The fraction of sp³-hybridized carbons (Fsp3) is 0.412. The lowest BCUT2D eigenvalue weighted by molar-refractivity contribution is 0.112. The minimum absolute atomic E-state index is 0.0824. The molecule has 1 aliphatic carbocycles. The summed E-state index contributed by atoms with van der Waals surface area (Å²) in [7, 11) is 0. The highest BCUT2D eigenvalue weighted by molar-refractivity contribution is 5.83. The Morgan fingerprint density at radius 2 is 2.33 bits per heavy atom. The van der Waals surface area contributed by atoms with Gasteiger partial charge in [-0.3, -0.25) is 4.79 Å². The molecule has 110 valence electrons. The number of carbonyl (C=O) groups is 1. The van der Waals surface area contributed by atoms with Gasteiger partial charge in [0.15, 0.2) is 6.29 Å². The maximum Gasteiger partial charge on any atom is 0.153 e. The topological polar surface area (TPSA) is 55.1 Å². The molecule has 0 fully saturated rings. The Bertz CT molecular complexity index is 660. The zero-order valence-corrected chi connectivity index (χ0v) is 12.6. The van der Waals surface area contributed by atoms with Gasteiger partial charge in [0, 0.05) is 5.69 Å². The van der Waals surface area contributed by atoms with Crippen LogP contribution in [0, 0.1) is 0 Å². The van der Waals surface area contributed by atoms with Crippen molar-refractivity contribution in [1.82, 2.24) is 4.98 Å². The van der Waals surface area contributed by atoms with E-state index in [1.807, 2.05) is 18.2 Å². The summed E-state index contributed by atoms with van der Waals surface area (Å²) in [6.45, 7) is 7.14. The molecule has 2 heterocycles. The zero-order valence-electron chi connectivity index (χ0n) is 12.6. The van der Waals surface area contributed by atoms with Gasteiger partial charge >= 0.3 is 0 Å². The first-order chi connectivity index (χ1) is 10.0. The number of hydrogen-bond donors (Lipinski definition) is 1.